The Morgan fingerprint density at radius 2 is 1.89 bits per heavy atom. The predicted octanol–water partition coefficient (Wildman–Crippen LogP) is 3.09. The van der Waals surface area contributed by atoms with E-state index in [1.54, 1.807) is 12.1 Å². The number of aromatic nitrogens is 4. The summed E-state index contributed by atoms with van der Waals surface area (Å²) in [6, 6.07) is 14.7. The van der Waals surface area contributed by atoms with E-state index in [9.17, 15) is 9.59 Å². The van der Waals surface area contributed by atoms with Gasteiger partial charge in [-0.25, -0.2) is 4.98 Å². The number of nitrogens with zero attached hydrogens (tertiary/aromatic N) is 4. The van der Waals surface area contributed by atoms with Gasteiger partial charge in [0.2, 0.25) is 5.91 Å². The van der Waals surface area contributed by atoms with Gasteiger partial charge in [0.25, 0.3) is 5.91 Å². The van der Waals surface area contributed by atoms with Crippen molar-refractivity contribution in [2.45, 2.75) is 6.92 Å². The summed E-state index contributed by atoms with van der Waals surface area (Å²) in [6.45, 7) is 1.45. The van der Waals surface area contributed by atoms with E-state index >= 15 is 0 Å². The topological polar surface area (TPSA) is 102 Å². The summed E-state index contributed by atoms with van der Waals surface area (Å²) >= 11 is 1.32. The third-order valence-corrected chi connectivity index (χ3v) is 4.57. The molecule has 2 N–H and O–H groups in total. The molecule has 27 heavy (non-hydrogen) atoms. The zero-order valence-electron chi connectivity index (χ0n) is 14.2. The van der Waals surface area contributed by atoms with Gasteiger partial charge in [0.1, 0.15) is 0 Å². The molecule has 9 heteroatoms. The van der Waals surface area contributed by atoms with Gasteiger partial charge in [-0.3, -0.25) is 14.9 Å². The van der Waals surface area contributed by atoms with Crippen LogP contribution < -0.4 is 10.6 Å². The molecule has 2 heterocycles. The van der Waals surface area contributed by atoms with E-state index in [0.717, 1.165) is 15.9 Å². The summed E-state index contributed by atoms with van der Waals surface area (Å²) in [6.07, 6.45) is 1.41. The third kappa shape index (κ3) is 3.67. The fraction of sp³-hybridized carbons (Fsp3) is 0.0556. The summed E-state index contributed by atoms with van der Waals surface area (Å²) in [5.74, 6) is -0.535. The van der Waals surface area contributed by atoms with Gasteiger partial charge in [-0.2, -0.15) is 9.90 Å². The van der Waals surface area contributed by atoms with E-state index in [-0.39, 0.29) is 11.6 Å². The Kier molecular flexibility index (Phi) is 4.35. The highest BCUT2D eigenvalue weighted by Crippen LogP contribution is 2.28. The average molecular weight is 378 g/mol. The van der Waals surface area contributed by atoms with Gasteiger partial charge in [-0.15, -0.1) is 5.10 Å². The van der Waals surface area contributed by atoms with Crippen LogP contribution in [-0.4, -0.2) is 31.8 Å². The maximum absolute atomic E-state index is 12.4. The number of amides is 2. The third-order valence-electron chi connectivity index (χ3n) is 3.64. The van der Waals surface area contributed by atoms with Crippen LogP contribution in [0.4, 0.5) is 10.8 Å². The second-order valence-corrected chi connectivity index (χ2v) is 6.72. The molecule has 134 valence electrons. The fourth-order valence-electron chi connectivity index (χ4n) is 2.47. The number of thiazole rings is 1. The van der Waals surface area contributed by atoms with Crippen molar-refractivity contribution in [1.29, 1.82) is 0 Å². The van der Waals surface area contributed by atoms with Crippen LogP contribution in [0.15, 0.2) is 54.7 Å². The zero-order chi connectivity index (χ0) is 18.8. The van der Waals surface area contributed by atoms with Crippen molar-refractivity contribution in [1.82, 2.24) is 20.0 Å². The van der Waals surface area contributed by atoms with Crippen LogP contribution in [0.1, 0.15) is 17.4 Å². The number of carbonyl (C=O) groups excluding carboxylic acids is 2. The lowest BCUT2D eigenvalue weighted by Crippen LogP contribution is -2.13. The van der Waals surface area contributed by atoms with Gasteiger partial charge < -0.3 is 5.32 Å². The largest absolute Gasteiger partial charge is 0.326 e. The fourth-order valence-corrected chi connectivity index (χ4v) is 3.37. The molecule has 4 aromatic rings. The first-order valence-electron chi connectivity index (χ1n) is 8.06. The molecule has 0 bridgehead atoms. The maximum atomic E-state index is 12.4. The van der Waals surface area contributed by atoms with Crippen LogP contribution in [0.25, 0.3) is 15.9 Å². The lowest BCUT2D eigenvalue weighted by Gasteiger charge is -1.99. The molecule has 0 radical (unpaired) electrons. The second kappa shape index (κ2) is 6.96. The predicted molar refractivity (Wildman–Crippen MR) is 103 cm³/mol. The Balaban J connectivity index is 1.52. The number of hydrogen-bond donors (Lipinski definition) is 2. The summed E-state index contributed by atoms with van der Waals surface area (Å²) in [7, 11) is 0. The molecule has 0 fully saturated rings. The van der Waals surface area contributed by atoms with Crippen molar-refractivity contribution < 1.29 is 9.59 Å². The quantitative estimate of drug-likeness (QED) is 0.568. The number of fused-ring (bicyclic) bond motifs is 1. The Morgan fingerprint density at radius 1 is 1.07 bits per heavy atom. The maximum Gasteiger partial charge on any atom is 0.279 e. The van der Waals surface area contributed by atoms with E-state index in [1.165, 1.54) is 29.3 Å². The first kappa shape index (κ1) is 16.9. The van der Waals surface area contributed by atoms with Crippen molar-refractivity contribution in [2.75, 3.05) is 10.6 Å². The van der Waals surface area contributed by atoms with E-state index in [4.69, 9.17) is 0 Å². The standard InChI is InChI=1S/C18H14N6O2S/c1-11(25)20-12-7-8-14-16(9-12)27-18(21-14)22-17(26)15-10-19-24(23-15)13-5-3-2-4-6-13/h2-10H,1H3,(H,20,25)(H,21,22,26). The minimum Gasteiger partial charge on any atom is -0.326 e. The van der Waals surface area contributed by atoms with E-state index in [2.05, 4.69) is 25.8 Å². The van der Waals surface area contributed by atoms with Crippen molar-refractivity contribution in [3.8, 4) is 5.69 Å². The molecule has 0 atom stereocenters. The highest BCUT2D eigenvalue weighted by atomic mass is 32.1. The number of anilines is 2. The van der Waals surface area contributed by atoms with Crippen LogP contribution in [0.5, 0.6) is 0 Å². The minimum atomic E-state index is -0.390. The number of para-hydroxylation sites is 1. The summed E-state index contributed by atoms with van der Waals surface area (Å²) in [4.78, 5) is 29.4. The number of rotatable bonds is 4. The Morgan fingerprint density at radius 3 is 2.67 bits per heavy atom. The van der Waals surface area contributed by atoms with Crippen LogP contribution in [0.2, 0.25) is 0 Å². The lowest BCUT2D eigenvalue weighted by atomic mass is 10.3. The Hall–Kier alpha value is -3.59. The molecule has 8 nitrogen and oxygen atoms in total. The highest BCUT2D eigenvalue weighted by molar-refractivity contribution is 7.22. The first-order chi connectivity index (χ1) is 13.1. The smallest absolute Gasteiger partial charge is 0.279 e. The molecule has 0 aliphatic heterocycles. The molecule has 2 aromatic heterocycles. The van der Waals surface area contributed by atoms with E-state index in [1.807, 2.05) is 36.4 Å². The van der Waals surface area contributed by atoms with Crippen molar-refractivity contribution in [3.63, 3.8) is 0 Å². The summed E-state index contributed by atoms with van der Waals surface area (Å²) < 4.78 is 0.851. The van der Waals surface area contributed by atoms with Gasteiger partial charge >= 0.3 is 0 Å². The number of hydrogen-bond acceptors (Lipinski definition) is 6. The SMILES string of the molecule is CC(=O)Nc1ccc2nc(NC(=O)c3cnn(-c4ccccc4)n3)sc2c1. The van der Waals surface area contributed by atoms with Crippen LogP contribution in [0.3, 0.4) is 0 Å². The highest BCUT2D eigenvalue weighted by Gasteiger charge is 2.14. The van der Waals surface area contributed by atoms with Gasteiger partial charge in [0.15, 0.2) is 10.8 Å². The number of carbonyl (C=O) groups is 2. The Bertz CT molecular complexity index is 1140. The zero-order valence-corrected chi connectivity index (χ0v) is 15.0. The molecule has 0 aliphatic carbocycles. The molecule has 0 saturated carbocycles. The van der Waals surface area contributed by atoms with Gasteiger partial charge in [-0.05, 0) is 30.3 Å². The number of benzene rings is 2. The van der Waals surface area contributed by atoms with E-state index < -0.39 is 5.91 Å². The minimum absolute atomic E-state index is 0.145. The molecule has 4 rings (SSSR count). The molecule has 0 unspecified atom stereocenters. The van der Waals surface area contributed by atoms with Gasteiger partial charge in [-0.1, -0.05) is 29.5 Å². The molecular weight excluding hydrogens is 364 g/mol. The average Bonchev–Trinajstić information content (AvgIpc) is 3.28. The van der Waals surface area contributed by atoms with Crippen LogP contribution in [-0.2, 0) is 4.79 Å². The van der Waals surface area contributed by atoms with Crippen molar-refractivity contribution >= 4 is 44.2 Å². The normalized spacial score (nSPS) is 10.7. The Labute approximate surface area is 157 Å². The summed E-state index contributed by atoms with van der Waals surface area (Å²) in [5, 5.41) is 14.2. The first-order valence-corrected chi connectivity index (χ1v) is 8.87. The van der Waals surface area contributed by atoms with Crippen LogP contribution >= 0.6 is 11.3 Å². The molecule has 0 aliphatic rings. The van der Waals surface area contributed by atoms with Crippen molar-refractivity contribution in [3.05, 3.63) is 60.4 Å². The van der Waals surface area contributed by atoms with E-state index in [0.29, 0.717) is 10.8 Å². The molecule has 2 aromatic carbocycles. The van der Waals surface area contributed by atoms with Crippen molar-refractivity contribution in [2.24, 2.45) is 0 Å². The van der Waals surface area contributed by atoms with Gasteiger partial charge in [0.05, 0.1) is 22.1 Å². The number of nitrogens with one attached hydrogen (secondary N) is 2. The van der Waals surface area contributed by atoms with Crippen LogP contribution in [0, 0.1) is 0 Å². The lowest BCUT2D eigenvalue weighted by molar-refractivity contribution is -0.114. The molecule has 2 amide bonds. The second-order valence-electron chi connectivity index (χ2n) is 5.69. The molecule has 0 spiro atoms. The molecular formula is C18H14N6O2S. The van der Waals surface area contributed by atoms with Gasteiger partial charge in [0, 0.05) is 12.6 Å². The summed E-state index contributed by atoms with van der Waals surface area (Å²) in [5.41, 5.74) is 2.37. The molecule has 0 saturated heterocycles. The monoisotopic (exact) mass is 378 g/mol.